The number of nitrogens with one attached hydrogen (secondary N) is 1. The molecule has 0 saturated heterocycles. The fraction of sp³-hybridized carbons (Fsp3) is 0.412. The van der Waals surface area contributed by atoms with Crippen LogP contribution in [-0.4, -0.2) is 23.1 Å². The first-order chi connectivity index (χ1) is 10.2. The standard InChI is InChI=1S/C17H23N3O/c1-14(2)8-12-21-16-5-3-15(4-6-16)7-9-19-17-13-18-10-11-20-17/h3-6,10-11,13-14H,7-9,12H2,1-2H3,(H,19,20). The Morgan fingerprint density at radius 1 is 1.14 bits per heavy atom. The number of hydrogen-bond donors (Lipinski definition) is 1. The molecule has 1 aromatic carbocycles. The van der Waals surface area contributed by atoms with E-state index in [-0.39, 0.29) is 0 Å². The number of aromatic nitrogens is 2. The average Bonchev–Trinajstić information content (AvgIpc) is 2.50. The van der Waals surface area contributed by atoms with Crippen LogP contribution >= 0.6 is 0 Å². The summed E-state index contributed by atoms with van der Waals surface area (Å²) in [5, 5.41) is 3.25. The zero-order valence-electron chi connectivity index (χ0n) is 12.7. The van der Waals surface area contributed by atoms with E-state index in [4.69, 9.17) is 4.74 Å². The molecular weight excluding hydrogens is 262 g/mol. The van der Waals surface area contributed by atoms with Gasteiger partial charge in [0.15, 0.2) is 0 Å². The molecule has 1 aromatic heterocycles. The van der Waals surface area contributed by atoms with Crippen molar-refractivity contribution in [3.05, 3.63) is 48.4 Å². The third-order valence-corrected chi connectivity index (χ3v) is 3.17. The molecule has 0 bridgehead atoms. The predicted molar refractivity (Wildman–Crippen MR) is 85.6 cm³/mol. The topological polar surface area (TPSA) is 47.0 Å². The van der Waals surface area contributed by atoms with Gasteiger partial charge in [0.25, 0.3) is 0 Å². The molecule has 0 fully saturated rings. The number of benzene rings is 1. The Morgan fingerprint density at radius 2 is 1.95 bits per heavy atom. The van der Waals surface area contributed by atoms with Crippen LogP contribution in [0.5, 0.6) is 5.75 Å². The van der Waals surface area contributed by atoms with Crippen molar-refractivity contribution in [2.75, 3.05) is 18.5 Å². The van der Waals surface area contributed by atoms with Crippen molar-refractivity contribution < 1.29 is 4.74 Å². The van der Waals surface area contributed by atoms with Gasteiger partial charge in [-0.3, -0.25) is 4.98 Å². The summed E-state index contributed by atoms with van der Waals surface area (Å²) in [7, 11) is 0. The van der Waals surface area contributed by atoms with Gasteiger partial charge in [-0.05, 0) is 36.5 Å². The highest BCUT2D eigenvalue weighted by Crippen LogP contribution is 2.14. The molecule has 21 heavy (non-hydrogen) atoms. The number of anilines is 1. The molecule has 0 radical (unpaired) electrons. The Balaban J connectivity index is 1.72. The maximum atomic E-state index is 5.71. The highest BCUT2D eigenvalue weighted by Gasteiger charge is 1.98. The summed E-state index contributed by atoms with van der Waals surface area (Å²) < 4.78 is 5.71. The van der Waals surface area contributed by atoms with E-state index >= 15 is 0 Å². The van der Waals surface area contributed by atoms with Crippen molar-refractivity contribution in [3.8, 4) is 5.75 Å². The fourth-order valence-corrected chi connectivity index (χ4v) is 1.89. The Hall–Kier alpha value is -2.10. The molecule has 0 aliphatic carbocycles. The molecule has 0 aliphatic heterocycles. The third-order valence-electron chi connectivity index (χ3n) is 3.17. The van der Waals surface area contributed by atoms with Crippen LogP contribution in [0.25, 0.3) is 0 Å². The van der Waals surface area contributed by atoms with Crippen molar-refractivity contribution in [1.82, 2.24) is 9.97 Å². The molecule has 2 rings (SSSR count). The first-order valence-corrected chi connectivity index (χ1v) is 7.45. The molecule has 0 unspecified atom stereocenters. The van der Waals surface area contributed by atoms with Crippen LogP contribution in [0.4, 0.5) is 5.82 Å². The molecule has 2 aromatic rings. The minimum absolute atomic E-state index is 0.677. The maximum Gasteiger partial charge on any atom is 0.144 e. The van der Waals surface area contributed by atoms with E-state index in [1.54, 1.807) is 18.6 Å². The molecule has 1 N–H and O–H groups in total. The highest BCUT2D eigenvalue weighted by molar-refractivity contribution is 5.31. The van der Waals surface area contributed by atoms with Crippen LogP contribution < -0.4 is 10.1 Å². The van der Waals surface area contributed by atoms with Gasteiger partial charge in [-0.15, -0.1) is 0 Å². The van der Waals surface area contributed by atoms with E-state index in [2.05, 4.69) is 41.3 Å². The molecule has 0 amide bonds. The fourth-order valence-electron chi connectivity index (χ4n) is 1.89. The first-order valence-electron chi connectivity index (χ1n) is 7.45. The van der Waals surface area contributed by atoms with E-state index in [1.807, 2.05) is 12.1 Å². The Kier molecular flexibility index (Phi) is 6.00. The molecule has 0 atom stereocenters. The van der Waals surface area contributed by atoms with E-state index in [0.717, 1.165) is 37.6 Å². The Morgan fingerprint density at radius 3 is 2.62 bits per heavy atom. The third kappa shape index (κ3) is 5.81. The Labute approximate surface area is 126 Å². The summed E-state index contributed by atoms with van der Waals surface area (Å²) in [6.07, 6.45) is 7.12. The van der Waals surface area contributed by atoms with Crippen molar-refractivity contribution >= 4 is 5.82 Å². The van der Waals surface area contributed by atoms with Crippen LogP contribution in [0.3, 0.4) is 0 Å². The van der Waals surface area contributed by atoms with Gasteiger partial charge in [-0.25, -0.2) is 4.98 Å². The second-order valence-corrected chi connectivity index (χ2v) is 5.44. The molecule has 0 spiro atoms. The molecule has 4 nitrogen and oxygen atoms in total. The van der Waals surface area contributed by atoms with Gasteiger partial charge < -0.3 is 10.1 Å². The highest BCUT2D eigenvalue weighted by atomic mass is 16.5. The summed E-state index contributed by atoms with van der Waals surface area (Å²) in [6, 6.07) is 8.31. The normalized spacial score (nSPS) is 10.6. The Bertz CT molecular complexity index is 511. The molecule has 1 heterocycles. The number of nitrogens with zero attached hydrogens (tertiary/aromatic N) is 2. The van der Waals surface area contributed by atoms with Gasteiger partial charge >= 0.3 is 0 Å². The first kappa shape index (κ1) is 15.3. The molecule has 0 saturated carbocycles. The quantitative estimate of drug-likeness (QED) is 0.805. The van der Waals surface area contributed by atoms with E-state index in [0.29, 0.717) is 5.92 Å². The van der Waals surface area contributed by atoms with E-state index < -0.39 is 0 Å². The van der Waals surface area contributed by atoms with E-state index in [1.165, 1.54) is 5.56 Å². The van der Waals surface area contributed by atoms with Gasteiger partial charge in [0.2, 0.25) is 0 Å². The largest absolute Gasteiger partial charge is 0.494 e. The second-order valence-electron chi connectivity index (χ2n) is 5.44. The average molecular weight is 285 g/mol. The summed E-state index contributed by atoms with van der Waals surface area (Å²) >= 11 is 0. The lowest BCUT2D eigenvalue weighted by Crippen LogP contribution is -2.06. The zero-order valence-corrected chi connectivity index (χ0v) is 12.7. The number of ether oxygens (including phenoxy) is 1. The van der Waals surface area contributed by atoms with Crippen LogP contribution in [0, 0.1) is 5.92 Å². The molecular formula is C17H23N3O. The lowest BCUT2D eigenvalue weighted by Gasteiger charge is -2.09. The lowest BCUT2D eigenvalue weighted by atomic mass is 10.1. The van der Waals surface area contributed by atoms with Crippen LogP contribution in [0.2, 0.25) is 0 Å². The van der Waals surface area contributed by atoms with Gasteiger partial charge in [0.05, 0.1) is 12.8 Å². The van der Waals surface area contributed by atoms with Gasteiger partial charge in [-0.2, -0.15) is 0 Å². The lowest BCUT2D eigenvalue weighted by molar-refractivity contribution is 0.289. The van der Waals surface area contributed by atoms with Crippen LogP contribution in [0.1, 0.15) is 25.8 Å². The second kappa shape index (κ2) is 8.25. The van der Waals surface area contributed by atoms with Crippen molar-refractivity contribution in [2.24, 2.45) is 5.92 Å². The summed E-state index contributed by atoms with van der Waals surface area (Å²) in [6.45, 7) is 6.03. The van der Waals surface area contributed by atoms with Gasteiger partial charge in [0, 0.05) is 18.9 Å². The molecule has 112 valence electrons. The smallest absolute Gasteiger partial charge is 0.144 e. The molecule has 0 aliphatic rings. The minimum atomic E-state index is 0.677. The summed E-state index contributed by atoms with van der Waals surface area (Å²) in [5.41, 5.74) is 1.28. The zero-order chi connectivity index (χ0) is 14.9. The number of hydrogen-bond acceptors (Lipinski definition) is 4. The van der Waals surface area contributed by atoms with Crippen LogP contribution in [0.15, 0.2) is 42.9 Å². The summed E-state index contributed by atoms with van der Waals surface area (Å²) in [4.78, 5) is 8.20. The van der Waals surface area contributed by atoms with Crippen molar-refractivity contribution in [2.45, 2.75) is 26.7 Å². The molecule has 4 heteroatoms. The van der Waals surface area contributed by atoms with E-state index in [9.17, 15) is 0 Å². The van der Waals surface area contributed by atoms with Crippen molar-refractivity contribution in [1.29, 1.82) is 0 Å². The minimum Gasteiger partial charge on any atom is -0.494 e. The number of rotatable bonds is 8. The monoisotopic (exact) mass is 285 g/mol. The SMILES string of the molecule is CC(C)CCOc1ccc(CCNc2cnccn2)cc1. The summed E-state index contributed by atoms with van der Waals surface area (Å²) in [5.74, 6) is 2.43. The van der Waals surface area contributed by atoms with Crippen molar-refractivity contribution in [3.63, 3.8) is 0 Å². The predicted octanol–water partition coefficient (Wildman–Crippen LogP) is 3.56. The van der Waals surface area contributed by atoms with Crippen LogP contribution in [-0.2, 0) is 6.42 Å². The maximum absolute atomic E-state index is 5.71. The van der Waals surface area contributed by atoms with Gasteiger partial charge in [0.1, 0.15) is 11.6 Å². The van der Waals surface area contributed by atoms with Gasteiger partial charge in [-0.1, -0.05) is 26.0 Å².